The number of halogens is 2. The molecule has 0 saturated carbocycles. The molecular weight excluding hydrogens is 443 g/mol. The molecule has 1 N–H and O–H groups in total. The number of hydrogen-bond acceptors (Lipinski definition) is 3. The smallest absolute Gasteiger partial charge is 0.223 e. The molecule has 2 aliphatic rings. The largest absolute Gasteiger partial charge is 0.487 e. The molecule has 6 heteroatoms. The predicted octanol–water partition coefficient (Wildman–Crippen LogP) is 6.40. The summed E-state index contributed by atoms with van der Waals surface area (Å²) in [6.45, 7) is 6.88. The Morgan fingerprint density at radius 3 is 2.53 bits per heavy atom. The van der Waals surface area contributed by atoms with Crippen molar-refractivity contribution in [2.75, 3.05) is 13.1 Å². The highest BCUT2D eigenvalue weighted by Crippen LogP contribution is 2.42. The quantitative estimate of drug-likeness (QED) is 0.525. The van der Waals surface area contributed by atoms with Gasteiger partial charge in [-0.15, -0.1) is 0 Å². The van der Waals surface area contributed by atoms with Crippen molar-refractivity contribution in [2.24, 2.45) is 5.92 Å². The standard InChI is InChI=1S/C26H32Cl2N2O2/c1-3-26(4-2)16-23(21-7-5-6-8-24(21)32-26)29-25(31)18-11-13-30(14-12-18)17-19-9-10-20(27)15-22(19)28/h5-10,15,18,23H,3-4,11-14,16-17H2,1-2H3,(H,29,31). The lowest BCUT2D eigenvalue weighted by atomic mass is 9.83. The number of para-hydroxylation sites is 1. The third-order valence-corrected chi connectivity index (χ3v) is 7.76. The summed E-state index contributed by atoms with van der Waals surface area (Å²) in [6.07, 6.45) is 4.38. The molecule has 2 aromatic carbocycles. The van der Waals surface area contributed by atoms with Crippen LogP contribution in [0, 0.1) is 5.92 Å². The Bertz CT molecular complexity index is 953. The minimum Gasteiger partial charge on any atom is -0.487 e. The van der Waals surface area contributed by atoms with E-state index in [1.165, 1.54) is 0 Å². The molecule has 1 saturated heterocycles. The highest BCUT2D eigenvalue weighted by molar-refractivity contribution is 6.35. The number of nitrogens with one attached hydrogen (secondary N) is 1. The van der Waals surface area contributed by atoms with Crippen molar-refractivity contribution in [3.05, 3.63) is 63.6 Å². The van der Waals surface area contributed by atoms with Gasteiger partial charge in [-0.2, -0.15) is 0 Å². The Balaban J connectivity index is 1.37. The van der Waals surface area contributed by atoms with E-state index in [9.17, 15) is 4.79 Å². The molecule has 4 rings (SSSR count). The summed E-state index contributed by atoms with van der Waals surface area (Å²) < 4.78 is 6.39. The van der Waals surface area contributed by atoms with Gasteiger partial charge in [0.2, 0.25) is 5.91 Å². The SMILES string of the molecule is CCC1(CC)CC(NC(=O)C2CCN(Cc3ccc(Cl)cc3Cl)CC2)c2ccccc2O1. The molecule has 32 heavy (non-hydrogen) atoms. The number of fused-ring (bicyclic) bond motifs is 1. The Hall–Kier alpha value is -1.75. The normalized spacial score (nSPS) is 20.9. The summed E-state index contributed by atoms with van der Waals surface area (Å²) in [5, 5.41) is 4.73. The van der Waals surface area contributed by atoms with E-state index in [0.29, 0.717) is 10.0 Å². The number of amides is 1. The molecule has 0 aromatic heterocycles. The number of carbonyl (C=O) groups is 1. The number of hydrogen-bond donors (Lipinski definition) is 1. The summed E-state index contributed by atoms with van der Waals surface area (Å²) in [6, 6.07) is 13.8. The Morgan fingerprint density at radius 1 is 1.12 bits per heavy atom. The van der Waals surface area contributed by atoms with Crippen molar-refractivity contribution in [1.29, 1.82) is 0 Å². The first-order valence-corrected chi connectivity index (χ1v) is 12.4. The molecule has 1 amide bonds. The van der Waals surface area contributed by atoms with Crippen LogP contribution in [0.1, 0.15) is 63.1 Å². The number of carbonyl (C=O) groups excluding carboxylic acids is 1. The van der Waals surface area contributed by atoms with Gasteiger partial charge in [0.05, 0.1) is 6.04 Å². The summed E-state index contributed by atoms with van der Waals surface area (Å²) >= 11 is 12.4. The van der Waals surface area contributed by atoms with E-state index in [1.807, 2.05) is 30.3 Å². The number of likely N-dealkylation sites (tertiary alicyclic amines) is 1. The second kappa shape index (κ2) is 10.0. The van der Waals surface area contributed by atoms with Crippen molar-refractivity contribution < 1.29 is 9.53 Å². The van der Waals surface area contributed by atoms with E-state index >= 15 is 0 Å². The zero-order chi connectivity index (χ0) is 22.7. The highest BCUT2D eigenvalue weighted by Gasteiger charge is 2.39. The van der Waals surface area contributed by atoms with Crippen LogP contribution < -0.4 is 10.1 Å². The lowest BCUT2D eigenvalue weighted by Gasteiger charge is -2.42. The van der Waals surface area contributed by atoms with Crippen molar-refractivity contribution in [3.8, 4) is 5.75 Å². The fraction of sp³-hybridized carbons (Fsp3) is 0.500. The molecule has 1 unspecified atom stereocenters. The van der Waals surface area contributed by atoms with Gasteiger partial charge in [-0.3, -0.25) is 9.69 Å². The van der Waals surface area contributed by atoms with Crippen LogP contribution in [-0.2, 0) is 11.3 Å². The molecule has 172 valence electrons. The molecule has 2 aliphatic heterocycles. The summed E-state index contributed by atoms with van der Waals surface area (Å²) in [5.74, 6) is 1.11. The van der Waals surface area contributed by atoms with Crippen LogP contribution in [0.2, 0.25) is 10.0 Å². The Morgan fingerprint density at radius 2 is 1.84 bits per heavy atom. The third-order valence-electron chi connectivity index (χ3n) is 7.17. The predicted molar refractivity (Wildman–Crippen MR) is 130 cm³/mol. The number of benzene rings is 2. The van der Waals surface area contributed by atoms with Crippen molar-refractivity contribution in [3.63, 3.8) is 0 Å². The topological polar surface area (TPSA) is 41.6 Å². The van der Waals surface area contributed by atoms with Gasteiger partial charge in [0.15, 0.2) is 0 Å². The van der Waals surface area contributed by atoms with Crippen LogP contribution >= 0.6 is 23.2 Å². The van der Waals surface area contributed by atoms with E-state index in [1.54, 1.807) is 6.07 Å². The van der Waals surface area contributed by atoms with Gasteiger partial charge in [0.25, 0.3) is 0 Å². The monoisotopic (exact) mass is 474 g/mol. The van der Waals surface area contributed by atoms with E-state index in [4.69, 9.17) is 27.9 Å². The first kappa shape index (κ1) is 23.4. The lowest BCUT2D eigenvalue weighted by molar-refractivity contribution is -0.128. The van der Waals surface area contributed by atoms with Crippen LogP contribution in [0.25, 0.3) is 0 Å². The summed E-state index contributed by atoms with van der Waals surface area (Å²) in [5.41, 5.74) is 1.95. The van der Waals surface area contributed by atoms with Gasteiger partial charge in [-0.25, -0.2) is 0 Å². The molecule has 1 fully saturated rings. The van der Waals surface area contributed by atoms with E-state index in [2.05, 4.69) is 30.1 Å². The molecule has 0 radical (unpaired) electrons. The number of ether oxygens (including phenoxy) is 1. The maximum Gasteiger partial charge on any atom is 0.223 e. The summed E-state index contributed by atoms with van der Waals surface area (Å²) in [7, 11) is 0. The van der Waals surface area contributed by atoms with Crippen LogP contribution in [-0.4, -0.2) is 29.5 Å². The third kappa shape index (κ3) is 5.08. The molecular formula is C26H32Cl2N2O2. The number of piperidine rings is 1. The molecule has 0 bridgehead atoms. The van der Waals surface area contributed by atoms with Gasteiger partial charge in [0, 0.05) is 34.5 Å². The summed E-state index contributed by atoms with van der Waals surface area (Å²) in [4.78, 5) is 15.6. The molecule has 2 heterocycles. The lowest BCUT2D eigenvalue weighted by Crippen LogP contribution is -2.47. The molecule has 0 spiro atoms. The Labute approximate surface area is 201 Å². The first-order valence-electron chi connectivity index (χ1n) is 11.7. The molecule has 0 aliphatic carbocycles. The van der Waals surface area contributed by atoms with Crippen LogP contribution in [0.3, 0.4) is 0 Å². The van der Waals surface area contributed by atoms with Crippen molar-refractivity contribution in [2.45, 2.75) is 64.1 Å². The van der Waals surface area contributed by atoms with E-state index in [-0.39, 0.29) is 23.5 Å². The van der Waals surface area contributed by atoms with Gasteiger partial charge in [-0.05, 0) is 62.5 Å². The van der Waals surface area contributed by atoms with E-state index in [0.717, 1.165) is 68.6 Å². The van der Waals surface area contributed by atoms with Gasteiger partial charge in [-0.1, -0.05) is 61.3 Å². The van der Waals surface area contributed by atoms with Crippen LogP contribution in [0.15, 0.2) is 42.5 Å². The van der Waals surface area contributed by atoms with Crippen LogP contribution in [0.5, 0.6) is 5.75 Å². The highest BCUT2D eigenvalue weighted by atomic mass is 35.5. The molecule has 4 nitrogen and oxygen atoms in total. The number of rotatable bonds is 6. The Kier molecular flexibility index (Phi) is 7.34. The zero-order valence-electron chi connectivity index (χ0n) is 18.9. The van der Waals surface area contributed by atoms with Crippen molar-refractivity contribution in [1.82, 2.24) is 10.2 Å². The van der Waals surface area contributed by atoms with Gasteiger partial charge in [0.1, 0.15) is 11.4 Å². The van der Waals surface area contributed by atoms with Crippen LogP contribution in [0.4, 0.5) is 0 Å². The minimum absolute atomic E-state index is 0.00162. The van der Waals surface area contributed by atoms with E-state index < -0.39 is 0 Å². The average Bonchev–Trinajstić information content (AvgIpc) is 2.81. The average molecular weight is 475 g/mol. The fourth-order valence-electron chi connectivity index (χ4n) is 4.96. The minimum atomic E-state index is -0.215. The maximum atomic E-state index is 13.2. The zero-order valence-corrected chi connectivity index (χ0v) is 20.4. The van der Waals surface area contributed by atoms with Crippen molar-refractivity contribution >= 4 is 29.1 Å². The van der Waals surface area contributed by atoms with Gasteiger partial charge < -0.3 is 10.1 Å². The molecule has 1 atom stereocenters. The number of nitrogens with zero attached hydrogens (tertiary/aromatic N) is 1. The first-order chi connectivity index (χ1) is 15.4. The fourth-order valence-corrected chi connectivity index (χ4v) is 5.43. The second-order valence-electron chi connectivity index (χ2n) is 9.08. The second-order valence-corrected chi connectivity index (χ2v) is 9.93. The molecule has 2 aromatic rings. The van der Waals surface area contributed by atoms with Gasteiger partial charge >= 0.3 is 0 Å². The maximum absolute atomic E-state index is 13.2.